The van der Waals surface area contributed by atoms with E-state index in [1.807, 2.05) is 0 Å². The topological polar surface area (TPSA) is 45.8 Å². The summed E-state index contributed by atoms with van der Waals surface area (Å²) in [4.78, 5) is 19.3. The van der Waals surface area contributed by atoms with Gasteiger partial charge in [0.2, 0.25) is 0 Å². The summed E-state index contributed by atoms with van der Waals surface area (Å²) in [6.45, 7) is 0. The van der Waals surface area contributed by atoms with Crippen molar-refractivity contribution in [2.24, 2.45) is 0 Å². The van der Waals surface area contributed by atoms with Gasteiger partial charge in [-0.1, -0.05) is 23.2 Å². The molecule has 0 radical (unpaired) electrons. The highest BCUT2D eigenvalue weighted by Gasteiger charge is 2.29. The van der Waals surface area contributed by atoms with Crippen LogP contribution in [0.2, 0.25) is 10.0 Å². The van der Waals surface area contributed by atoms with Crippen molar-refractivity contribution in [1.82, 2.24) is 9.97 Å². The van der Waals surface area contributed by atoms with Gasteiger partial charge in [0.15, 0.2) is 0 Å². The maximum atomic E-state index is 12.0. The van der Waals surface area contributed by atoms with E-state index in [0.717, 1.165) is 24.1 Å². The molecule has 19 heavy (non-hydrogen) atoms. The molecule has 1 aliphatic carbocycles. The van der Waals surface area contributed by atoms with Crippen molar-refractivity contribution >= 4 is 45.8 Å². The third kappa shape index (κ3) is 2.66. The molecule has 6 heteroatoms. The Labute approximate surface area is 133 Å². The van der Waals surface area contributed by atoms with Crippen molar-refractivity contribution < 1.29 is 0 Å². The molecule has 1 aliphatic rings. The van der Waals surface area contributed by atoms with Gasteiger partial charge in [-0.15, -0.1) is 0 Å². The molecule has 3 nitrogen and oxygen atoms in total. The Morgan fingerprint density at radius 3 is 2.63 bits per heavy atom. The first-order valence-electron chi connectivity index (χ1n) is 5.81. The van der Waals surface area contributed by atoms with Crippen LogP contribution in [-0.4, -0.2) is 9.97 Å². The number of H-pyrrole nitrogens is 1. The van der Waals surface area contributed by atoms with Crippen LogP contribution in [0, 0.1) is 3.57 Å². The fourth-order valence-electron chi connectivity index (χ4n) is 1.88. The predicted molar refractivity (Wildman–Crippen MR) is 85.0 cm³/mol. The van der Waals surface area contributed by atoms with Crippen molar-refractivity contribution in [3.8, 4) is 11.4 Å². The molecule has 1 N–H and O–H groups in total. The summed E-state index contributed by atoms with van der Waals surface area (Å²) in [5, 5.41) is 0.939. The lowest BCUT2D eigenvalue weighted by Gasteiger charge is -2.06. The van der Waals surface area contributed by atoms with Crippen LogP contribution in [0.5, 0.6) is 0 Å². The van der Waals surface area contributed by atoms with E-state index >= 15 is 0 Å². The summed E-state index contributed by atoms with van der Waals surface area (Å²) in [5.74, 6) is 0.974. The lowest BCUT2D eigenvalue weighted by atomic mass is 10.2. The summed E-state index contributed by atoms with van der Waals surface area (Å²) in [6, 6.07) is 5.22. The molecule has 98 valence electrons. The van der Waals surface area contributed by atoms with Gasteiger partial charge < -0.3 is 4.98 Å². The quantitative estimate of drug-likeness (QED) is 0.758. The Hall–Kier alpha value is -0.590. The van der Waals surface area contributed by atoms with Gasteiger partial charge in [-0.2, -0.15) is 0 Å². The van der Waals surface area contributed by atoms with Gasteiger partial charge in [-0.05, 0) is 53.6 Å². The number of benzene rings is 1. The second-order valence-electron chi connectivity index (χ2n) is 4.52. The molecule has 1 aromatic carbocycles. The van der Waals surface area contributed by atoms with Crippen molar-refractivity contribution in [1.29, 1.82) is 0 Å². The second kappa shape index (κ2) is 5.07. The Kier molecular flexibility index (Phi) is 3.57. The Morgan fingerprint density at radius 1 is 1.26 bits per heavy atom. The van der Waals surface area contributed by atoms with E-state index in [1.54, 1.807) is 18.2 Å². The first-order valence-corrected chi connectivity index (χ1v) is 7.65. The minimum absolute atomic E-state index is 0.0985. The number of aromatic nitrogens is 2. The molecule has 1 aromatic heterocycles. The van der Waals surface area contributed by atoms with E-state index in [1.165, 1.54) is 0 Å². The van der Waals surface area contributed by atoms with Gasteiger partial charge in [0.1, 0.15) is 5.82 Å². The highest BCUT2D eigenvalue weighted by Crippen LogP contribution is 2.40. The molecule has 0 atom stereocenters. The maximum absolute atomic E-state index is 12.0. The van der Waals surface area contributed by atoms with Gasteiger partial charge in [-0.3, -0.25) is 4.79 Å². The van der Waals surface area contributed by atoms with E-state index in [-0.39, 0.29) is 5.56 Å². The van der Waals surface area contributed by atoms with Crippen LogP contribution in [0.4, 0.5) is 0 Å². The zero-order valence-corrected chi connectivity index (χ0v) is 13.4. The molecule has 1 heterocycles. The van der Waals surface area contributed by atoms with Gasteiger partial charge in [0.25, 0.3) is 5.56 Å². The lowest BCUT2D eigenvalue weighted by molar-refractivity contribution is 0.958. The van der Waals surface area contributed by atoms with E-state index in [2.05, 4.69) is 32.6 Å². The summed E-state index contributed by atoms with van der Waals surface area (Å²) < 4.78 is 0.684. The van der Waals surface area contributed by atoms with E-state index in [9.17, 15) is 4.79 Å². The van der Waals surface area contributed by atoms with Gasteiger partial charge in [-0.25, -0.2) is 4.98 Å². The highest BCUT2D eigenvalue weighted by atomic mass is 127. The lowest BCUT2D eigenvalue weighted by Crippen LogP contribution is -2.15. The zero-order valence-electron chi connectivity index (χ0n) is 9.71. The van der Waals surface area contributed by atoms with E-state index in [4.69, 9.17) is 23.2 Å². The molecule has 2 aromatic rings. The normalized spacial score (nSPS) is 14.7. The number of halogens is 3. The third-order valence-corrected chi connectivity index (χ3v) is 4.83. The monoisotopic (exact) mass is 406 g/mol. The second-order valence-corrected chi connectivity index (χ2v) is 6.41. The molecular weight excluding hydrogens is 398 g/mol. The van der Waals surface area contributed by atoms with Crippen LogP contribution in [-0.2, 0) is 0 Å². The van der Waals surface area contributed by atoms with Crippen LogP contribution in [0.1, 0.15) is 24.5 Å². The molecule has 3 rings (SSSR count). The number of hydrogen-bond acceptors (Lipinski definition) is 2. The van der Waals surface area contributed by atoms with E-state index < -0.39 is 0 Å². The summed E-state index contributed by atoms with van der Waals surface area (Å²) in [7, 11) is 0. The molecule has 0 unspecified atom stereocenters. The van der Waals surface area contributed by atoms with Crippen molar-refractivity contribution in [2.45, 2.75) is 18.8 Å². The van der Waals surface area contributed by atoms with Crippen LogP contribution in [0.3, 0.4) is 0 Å². The Balaban J connectivity index is 2.14. The number of rotatable bonds is 2. The van der Waals surface area contributed by atoms with Gasteiger partial charge >= 0.3 is 0 Å². The third-order valence-electron chi connectivity index (χ3n) is 3.05. The number of hydrogen-bond donors (Lipinski definition) is 1. The van der Waals surface area contributed by atoms with Crippen molar-refractivity contribution in [3.05, 3.63) is 47.9 Å². The zero-order chi connectivity index (χ0) is 13.6. The first kappa shape index (κ1) is 13.4. The minimum atomic E-state index is -0.0985. The van der Waals surface area contributed by atoms with Crippen molar-refractivity contribution in [2.75, 3.05) is 0 Å². The molecule has 1 saturated carbocycles. The summed E-state index contributed by atoms with van der Waals surface area (Å²) in [5.41, 5.74) is 1.56. The average molecular weight is 407 g/mol. The largest absolute Gasteiger partial charge is 0.306 e. The molecule has 0 amide bonds. The van der Waals surface area contributed by atoms with Gasteiger partial charge in [0, 0.05) is 11.5 Å². The van der Waals surface area contributed by atoms with Crippen LogP contribution >= 0.6 is 45.8 Å². The molecule has 0 spiro atoms. The smallest absolute Gasteiger partial charge is 0.264 e. The Bertz CT molecular complexity index is 710. The van der Waals surface area contributed by atoms with Crippen LogP contribution in [0.15, 0.2) is 23.0 Å². The predicted octanol–water partition coefficient (Wildman–Crippen LogP) is 4.23. The molecule has 0 aliphatic heterocycles. The number of nitrogens with zero attached hydrogens (tertiary/aromatic N) is 1. The standard InChI is InChI=1S/C13H9Cl2IN2O/c14-8-4-3-7(5-9(8)15)12-17-11(6-1-2-6)10(16)13(19)18-12/h3-6H,1-2H2,(H,17,18,19). The number of nitrogens with one attached hydrogen (secondary N) is 1. The van der Waals surface area contributed by atoms with Crippen LogP contribution in [0.25, 0.3) is 11.4 Å². The van der Waals surface area contributed by atoms with Crippen LogP contribution < -0.4 is 5.56 Å². The minimum Gasteiger partial charge on any atom is -0.306 e. The molecule has 0 bridgehead atoms. The maximum Gasteiger partial charge on any atom is 0.264 e. The summed E-state index contributed by atoms with van der Waals surface area (Å²) >= 11 is 13.9. The molecular formula is C13H9Cl2IN2O. The average Bonchev–Trinajstić information content (AvgIpc) is 3.20. The van der Waals surface area contributed by atoms with Gasteiger partial charge in [0.05, 0.1) is 19.3 Å². The van der Waals surface area contributed by atoms with Crippen molar-refractivity contribution in [3.63, 3.8) is 0 Å². The Morgan fingerprint density at radius 2 is 2.00 bits per heavy atom. The first-order chi connectivity index (χ1) is 9.06. The summed E-state index contributed by atoms with van der Waals surface area (Å²) in [6.07, 6.45) is 2.21. The molecule has 0 saturated heterocycles. The number of aromatic amines is 1. The SMILES string of the molecule is O=c1[nH]c(-c2ccc(Cl)c(Cl)c2)nc(C2CC2)c1I. The highest BCUT2D eigenvalue weighted by molar-refractivity contribution is 14.1. The fraction of sp³-hybridized carbons (Fsp3) is 0.231. The molecule has 1 fully saturated rings. The fourth-order valence-corrected chi connectivity index (χ4v) is 2.88. The van der Waals surface area contributed by atoms with E-state index in [0.29, 0.717) is 25.4 Å².